The van der Waals surface area contributed by atoms with Crippen molar-refractivity contribution in [3.63, 3.8) is 0 Å². The van der Waals surface area contributed by atoms with E-state index >= 15 is 0 Å². The van der Waals surface area contributed by atoms with Crippen molar-refractivity contribution >= 4 is 11.7 Å². The van der Waals surface area contributed by atoms with Crippen molar-refractivity contribution in [1.29, 1.82) is 0 Å². The Balaban J connectivity index is 2.26. The number of rotatable bonds is 10. The number of nitrogens with zero attached hydrogens (tertiary/aromatic N) is 3. The lowest BCUT2D eigenvalue weighted by Crippen LogP contribution is -2.43. The smallest absolute Gasteiger partial charge is 0.245 e. The minimum absolute atomic E-state index is 0.231. The van der Waals surface area contributed by atoms with Gasteiger partial charge in [-0.05, 0) is 26.4 Å². The van der Waals surface area contributed by atoms with Gasteiger partial charge in [-0.15, -0.1) is 4.37 Å². The van der Waals surface area contributed by atoms with Crippen molar-refractivity contribution in [2.24, 2.45) is 5.92 Å². The minimum Gasteiger partial charge on any atom is -0.473 e. The summed E-state index contributed by atoms with van der Waals surface area (Å²) in [5, 5.41) is 13.3. The molecule has 2 N–H and O–H groups in total. The highest BCUT2D eigenvalue weighted by atomic mass is 32.1. The van der Waals surface area contributed by atoms with E-state index in [0.717, 1.165) is 24.7 Å². The van der Waals surface area contributed by atoms with Gasteiger partial charge < -0.3 is 20.1 Å². The van der Waals surface area contributed by atoms with Crippen LogP contribution in [0.3, 0.4) is 0 Å². The van der Waals surface area contributed by atoms with Crippen molar-refractivity contribution in [1.82, 2.24) is 19.0 Å². The normalized spacial score (nSPS) is 14.8. The molecular formula is C13H26N4O2S. The van der Waals surface area contributed by atoms with Gasteiger partial charge in [0, 0.05) is 19.1 Å². The molecule has 0 spiro atoms. The lowest BCUT2D eigenvalue weighted by atomic mass is 10.0. The van der Waals surface area contributed by atoms with Crippen molar-refractivity contribution in [2.75, 3.05) is 33.8 Å². The molecule has 0 aliphatic heterocycles. The molecule has 7 heteroatoms. The third kappa shape index (κ3) is 7.74. The standard InChI is InChI=1S/C13H26N4O2S/c1-10(2)5-11(8-17(3)4)14-6-12(18)9-19-13-7-15-20-16-13/h7,10-12,14,18H,5-6,8-9H2,1-4H3. The van der Waals surface area contributed by atoms with Crippen LogP contribution in [0.25, 0.3) is 0 Å². The average molecular weight is 302 g/mol. The van der Waals surface area contributed by atoms with Gasteiger partial charge in [-0.2, -0.15) is 4.37 Å². The highest BCUT2D eigenvalue weighted by Crippen LogP contribution is 2.07. The first-order valence-electron chi connectivity index (χ1n) is 6.94. The maximum atomic E-state index is 9.92. The van der Waals surface area contributed by atoms with Gasteiger partial charge in [0.1, 0.15) is 18.9 Å². The van der Waals surface area contributed by atoms with Crippen molar-refractivity contribution in [2.45, 2.75) is 32.4 Å². The summed E-state index contributed by atoms with van der Waals surface area (Å²) < 4.78 is 13.1. The Bertz CT molecular complexity index is 336. The predicted molar refractivity (Wildman–Crippen MR) is 81.2 cm³/mol. The summed E-state index contributed by atoms with van der Waals surface area (Å²) in [6, 6.07) is 0.376. The molecule has 0 aromatic carbocycles. The molecule has 6 nitrogen and oxygen atoms in total. The van der Waals surface area contributed by atoms with Crippen LogP contribution in [0.1, 0.15) is 20.3 Å². The second-order valence-electron chi connectivity index (χ2n) is 5.71. The molecule has 0 fully saturated rings. The molecule has 1 heterocycles. The first-order chi connectivity index (χ1) is 9.47. The number of ether oxygens (including phenoxy) is 1. The molecule has 0 aliphatic carbocycles. The van der Waals surface area contributed by atoms with E-state index in [4.69, 9.17) is 4.74 Å². The maximum absolute atomic E-state index is 9.92. The minimum atomic E-state index is -0.548. The molecule has 0 radical (unpaired) electrons. The second kappa shape index (κ2) is 9.23. The summed E-state index contributed by atoms with van der Waals surface area (Å²) in [4.78, 5) is 2.16. The summed E-state index contributed by atoms with van der Waals surface area (Å²) in [7, 11) is 4.12. The summed E-state index contributed by atoms with van der Waals surface area (Å²) in [5.41, 5.74) is 0. The highest BCUT2D eigenvalue weighted by Gasteiger charge is 2.14. The first kappa shape index (κ1) is 17.3. The molecule has 0 bridgehead atoms. The lowest BCUT2D eigenvalue weighted by Gasteiger charge is -2.25. The van der Waals surface area contributed by atoms with Crippen LogP contribution in [0, 0.1) is 5.92 Å². The molecule has 1 aromatic rings. The fourth-order valence-electron chi connectivity index (χ4n) is 2.00. The third-order valence-electron chi connectivity index (χ3n) is 2.75. The Morgan fingerprint density at radius 1 is 1.45 bits per heavy atom. The molecule has 20 heavy (non-hydrogen) atoms. The zero-order valence-corrected chi connectivity index (χ0v) is 13.6. The van der Waals surface area contributed by atoms with E-state index in [1.54, 1.807) is 6.20 Å². The van der Waals surface area contributed by atoms with E-state index < -0.39 is 6.10 Å². The fourth-order valence-corrected chi connectivity index (χ4v) is 2.36. The molecule has 116 valence electrons. The Morgan fingerprint density at radius 2 is 2.20 bits per heavy atom. The zero-order chi connectivity index (χ0) is 15.0. The molecule has 0 amide bonds. The van der Waals surface area contributed by atoms with Crippen LogP contribution in [-0.2, 0) is 0 Å². The van der Waals surface area contributed by atoms with Crippen LogP contribution in [0.4, 0.5) is 0 Å². The van der Waals surface area contributed by atoms with Gasteiger partial charge in [-0.1, -0.05) is 13.8 Å². The fraction of sp³-hybridized carbons (Fsp3) is 0.846. The van der Waals surface area contributed by atoms with Crippen LogP contribution >= 0.6 is 11.7 Å². The van der Waals surface area contributed by atoms with Crippen LogP contribution in [0.5, 0.6) is 5.88 Å². The number of aliphatic hydroxyl groups excluding tert-OH is 1. The summed E-state index contributed by atoms with van der Waals surface area (Å²) in [5.74, 6) is 1.10. The van der Waals surface area contributed by atoms with Crippen molar-refractivity contribution in [3.05, 3.63) is 6.20 Å². The highest BCUT2D eigenvalue weighted by molar-refractivity contribution is 6.99. The SMILES string of the molecule is CC(C)CC(CN(C)C)NCC(O)COc1cnsn1. The Morgan fingerprint density at radius 3 is 2.75 bits per heavy atom. The average Bonchev–Trinajstić information content (AvgIpc) is 2.85. The van der Waals surface area contributed by atoms with Gasteiger partial charge in [0.15, 0.2) is 0 Å². The second-order valence-corrected chi connectivity index (χ2v) is 6.26. The Labute approximate surface area is 125 Å². The van der Waals surface area contributed by atoms with E-state index in [-0.39, 0.29) is 6.61 Å². The van der Waals surface area contributed by atoms with Crippen LogP contribution in [0.2, 0.25) is 0 Å². The van der Waals surface area contributed by atoms with Crippen LogP contribution < -0.4 is 10.1 Å². The predicted octanol–water partition coefficient (Wildman–Crippen LogP) is 0.844. The van der Waals surface area contributed by atoms with E-state index in [1.165, 1.54) is 0 Å². The molecular weight excluding hydrogens is 276 g/mol. The van der Waals surface area contributed by atoms with Gasteiger partial charge in [0.25, 0.3) is 0 Å². The van der Waals surface area contributed by atoms with Gasteiger partial charge in [-0.3, -0.25) is 0 Å². The van der Waals surface area contributed by atoms with Gasteiger partial charge >= 0.3 is 0 Å². The van der Waals surface area contributed by atoms with E-state index in [2.05, 4.69) is 46.9 Å². The maximum Gasteiger partial charge on any atom is 0.245 e. The summed E-state index contributed by atoms with van der Waals surface area (Å²) in [6.45, 7) is 6.12. The van der Waals surface area contributed by atoms with E-state index in [9.17, 15) is 5.11 Å². The van der Waals surface area contributed by atoms with Crippen molar-refractivity contribution < 1.29 is 9.84 Å². The van der Waals surface area contributed by atoms with Gasteiger partial charge in [0.2, 0.25) is 5.88 Å². The number of aromatic nitrogens is 2. The van der Waals surface area contributed by atoms with Gasteiger partial charge in [0.05, 0.1) is 11.7 Å². The first-order valence-corrected chi connectivity index (χ1v) is 7.67. The molecule has 0 saturated heterocycles. The van der Waals surface area contributed by atoms with E-state index in [1.807, 2.05) is 0 Å². The molecule has 1 rings (SSSR count). The Hall–Kier alpha value is -0.760. The third-order valence-corrected chi connectivity index (χ3v) is 3.21. The van der Waals surface area contributed by atoms with E-state index in [0.29, 0.717) is 24.4 Å². The van der Waals surface area contributed by atoms with Crippen molar-refractivity contribution in [3.8, 4) is 5.88 Å². The molecule has 2 atom stereocenters. The van der Waals surface area contributed by atoms with Crippen LogP contribution in [0.15, 0.2) is 6.20 Å². The topological polar surface area (TPSA) is 70.5 Å². The lowest BCUT2D eigenvalue weighted by molar-refractivity contribution is 0.0991. The number of hydrogen-bond acceptors (Lipinski definition) is 7. The number of aliphatic hydroxyl groups is 1. The molecule has 0 aliphatic rings. The molecule has 1 aromatic heterocycles. The number of hydrogen-bond donors (Lipinski definition) is 2. The number of nitrogens with one attached hydrogen (secondary N) is 1. The van der Waals surface area contributed by atoms with Gasteiger partial charge in [-0.25, -0.2) is 0 Å². The summed E-state index contributed by atoms with van der Waals surface area (Å²) >= 11 is 1.10. The molecule has 0 saturated carbocycles. The zero-order valence-electron chi connectivity index (χ0n) is 12.7. The largest absolute Gasteiger partial charge is 0.473 e. The molecule has 2 unspecified atom stereocenters. The monoisotopic (exact) mass is 302 g/mol. The van der Waals surface area contributed by atoms with Crippen LogP contribution in [-0.4, -0.2) is 64.7 Å². The quantitative estimate of drug-likeness (QED) is 0.667. The summed E-state index contributed by atoms with van der Waals surface area (Å²) in [6.07, 6.45) is 2.09. The number of likely N-dealkylation sites (N-methyl/N-ethyl adjacent to an activating group) is 1. The Kier molecular flexibility index (Phi) is 7.98.